The molecular formula is C12H20N2. The van der Waals surface area contributed by atoms with Crippen LogP contribution < -0.4 is 0 Å². The molecule has 0 amide bonds. The first kappa shape index (κ1) is 12.7. The highest BCUT2D eigenvalue weighted by Crippen LogP contribution is 2.13. The number of rotatable bonds is 0. The molecular weight excluding hydrogens is 172 g/mol. The van der Waals surface area contributed by atoms with Crippen molar-refractivity contribution in [3.8, 4) is 0 Å². The van der Waals surface area contributed by atoms with Crippen molar-refractivity contribution < 1.29 is 0 Å². The summed E-state index contributed by atoms with van der Waals surface area (Å²) in [5, 5.41) is 0. The first-order valence-corrected chi connectivity index (χ1v) is 5.30. The van der Waals surface area contributed by atoms with Gasteiger partial charge in [0.05, 0.1) is 18.4 Å². The monoisotopic (exact) mass is 192 g/mol. The van der Waals surface area contributed by atoms with Gasteiger partial charge in [0.1, 0.15) is 0 Å². The van der Waals surface area contributed by atoms with Crippen LogP contribution in [0.15, 0.2) is 41.3 Å². The normalized spacial score (nSPS) is 15.7. The highest BCUT2D eigenvalue weighted by Gasteiger charge is 2.06. The topological polar surface area (TPSA) is 15.6 Å². The molecule has 0 aromatic heterocycles. The average molecular weight is 192 g/mol. The average Bonchev–Trinajstić information content (AvgIpc) is 2.34. The molecule has 0 aliphatic carbocycles. The molecule has 2 rings (SSSR count). The van der Waals surface area contributed by atoms with Gasteiger partial charge in [-0.15, -0.1) is 0 Å². The van der Waals surface area contributed by atoms with Gasteiger partial charge < -0.3 is 4.90 Å². The van der Waals surface area contributed by atoms with Crippen LogP contribution >= 0.6 is 0 Å². The minimum atomic E-state index is 0.896. The molecule has 0 radical (unpaired) electrons. The van der Waals surface area contributed by atoms with Crippen LogP contribution in [-0.2, 0) is 0 Å². The van der Waals surface area contributed by atoms with Crippen molar-refractivity contribution in [2.24, 2.45) is 4.99 Å². The molecule has 0 aromatic carbocycles. The van der Waals surface area contributed by atoms with Gasteiger partial charge in [-0.3, -0.25) is 4.99 Å². The van der Waals surface area contributed by atoms with E-state index in [1.54, 1.807) is 0 Å². The van der Waals surface area contributed by atoms with Crippen LogP contribution in [0.4, 0.5) is 0 Å². The Balaban J connectivity index is 0.000000379. The van der Waals surface area contributed by atoms with Crippen LogP contribution in [0.2, 0.25) is 0 Å². The van der Waals surface area contributed by atoms with E-state index in [4.69, 9.17) is 0 Å². The Bertz CT molecular complexity index is 247. The number of fused-ring (bicyclic) bond motifs is 1. The Kier molecular flexibility index (Phi) is 7.52. The zero-order valence-corrected chi connectivity index (χ0v) is 9.57. The Morgan fingerprint density at radius 3 is 2.50 bits per heavy atom. The van der Waals surface area contributed by atoms with Crippen LogP contribution in [0, 0.1) is 0 Å². The van der Waals surface area contributed by atoms with Gasteiger partial charge >= 0.3 is 0 Å². The predicted molar refractivity (Wildman–Crippen MR) is 64.3 cm³/mol. The van der Waals surface area contributed by atoms with Crippen LogP contribution in [0.3, 0.4) is 0 Å². The summed E-state index contributed by atoms with van der Waals surface area (Å²) in [5.41, 5.74) is 1.17. The second kappa shape index (κ2) is 8.30. The fourth-order valence-electron chi connectivity index (χ4n) is 1.04. The van der Waals surface area contributed by atoms with Crippen molar-refractivity contribution in [1.29, 1.82) is 0 Å². The summed E-state index contributed by atoms with van der Waals surface area (Å²) in [6.45, 7) is 8.90. The molecule has 0 unspecified atom stereocenters. The van der Waals surface area contributed by atoms with Crippen molar-refractivity contribution in [2.45, 2.75) is 27.7 Å². The van der Waals surface area contributed by atoms with Crippen LogP contribution in [0.5, 0.6) is 0 Å². The second-order valence-electron chi connectivity index (χ2n) is 2.24. The third-order valence-corrected chi connectivity index (χ3v) is 1.57. The SMILES string of the molecule is C1=CC2=CN=CCN2C=C1.CC.CC. The lowest BCUT2D eigenvalue weighted by Crippen LogP contribution is -2.21. The molecule has 0 saturated carbocycles. The molecule has 0 atom stereocenters. The fraction of sp³-hybridized carbons (Fsp3) is 0.417. The largest absolute Gasteiger partial charge is 0.341 e. The summed E-state index contributed by atoms with van der Waals surface area (Å²) in [4.78, 5) is 6.19. The van der Waals surface area contributed by atoms with Gasteiger partial charge in [-0.05, 0) is 12.2 Å². The number of aliphatic imine (C=N–C) groups is 1. The van der Waals surface area contributed by atoms with E-state index in [0.29, 0.717) is 0 Å². The molecule has 2 aliphatic rings. The Labute approximate surface area is 87.3 Å². The lowest BCUT2D eigenvalue weighted by Gasteiger charge is -2.22. The van der Waals surface area contributed by atoms with Crippen molar-refractivity contribution in [3.05, 3.63) is 36.3 Å². The molecule has 78 valence electrons. The van der Waals surface area contributed by atoms with Crippen molar-refractivity contribution in [2.75, 3.05) is 6.54 Å². The van der Waals surface area contributed by atoms with E-state index < -0.39 is 0 Å². The molecule has 2 heterocycles. The summed E-state index contributed by atoms with van der Waals surface area (Å²) < 4.78 is 0. The van der Waals surface area contributed by atoms with Gasteiger partial charge in [-0.2, -0.15) is 0 Å². The lowest BCUT2D eigenvalue weighted by atomic mass is 10.2. The number of hydrogen-bond donors (Lipinski definition) is 0. The van der Waals surface area contributed by atoms with Crippen LogP contribution in [0.1, 0.15) is 27.7 Å². The fourth-order valence-corrected chi connectivity index (χ4v) is 1.04. The standard InChI is InChI=1S/C8H8N2.2C2H6/c1-2-5-10-6-4-9-7-8(10)3-1;2*1-2/h1-5,7H,6H2;2*1-2H3. The molecule has 2 heteroatoms. The third-order valence-electron chi connectivity index (χ3n) is 1.57. The highest BCUT2D eigenvalue weighted by molar-refractivity contribution is 5.63. The first-order valence-electron chi connectivity index (χ1n) is 5.30. The Morgan fingerprint density at radius 2 is 1.86 bits per heavy atom. The molecule has 0 spiro atoms. The number of allylic oxidation sites excluding steroid dienone is 3. The molecule has 0 fully saturated rings. The number of hydrogen-bond acceptors (Lipinski definition) is 2. The van der Waals surface area contributed by atoms with Gasteiger partial charge in [-0.25, -0.2) is 0 Å². The van der Waals surface area contributed by atoms with Crippen molar-refractivity contribution in [1.82, 2.24) is 4.90 Å². The molecule has 0 bridgehead atoms. The first-order chi connectivity index (χ1) is 6.97. The molecule has 14 heavy (non-hydrogen) atoms. The van der Waals surface area contributed by atoms with E-state index >= 15 is 0 Å². The van der Waals surface area contributed by atoms with Crippen molar-refractivity contribution in [3.63, 3.8) is 0 Å². The minimum Gasteiger partial charge on any atom is -0.341 e. The quantitative estimate of drug-likeness (QED) is 0.574. The molecule has 2 aliphatic heterocycles. The van der Waals surface area contributed by atoms with Gasteiger partial charge in [0, 0.05) is 12.4 Å². The predicted octanol–water partition coefficient (Wildman–Crippen LogP) is 3.35. The van der Waals surface area contributed by atoms with E-state index in [-0.39, 0.29) is 0 Å². The maximum Gasteiger partial charge on any atom is 0.0595 e. The smallest absolute Gasteiger partial charge is 0.0595 e. The van der Waals surface area contributed by atoms with E-state index in [1.807, 2.05) is 52.3 Å². The zero-order chi connectivity index (χ0) is 10.8. The summed E-state index contributed by atoms with van der Waals surface area (Å²) in [5.74, 6) is 0. The number of nitrogens with zero attached hydrogens (tertiary/aromatic N) is 2. The van der Waals surface area contributed by atoms with Gasteiger partial charge in [0.25, 0.3) is 0 Å². The van der Waals surface area contributed by atoms with Gasteiger partial charge in [0.2, 0.25) is 0 Å². The van der Waals surface area contributed by atoms with E-state index in [2.05, 4.69) is 22.2 Å². The summed E-state index contributed by atoms with van der Waals surface area (Å²) in [6.07, 6.45) is 11.9. The molecule has 2 nitrogen and oxygen atoms in total. The Hall–Kier alpha value is -1.31. The lowest BCUT2D eigenvalue weighted by molar-refractivity contribution is 0.540. The molecule has 0 aromatic rings. The summed E-state index contributed by atoms with van der Waals surface area (Å²) >= 11 is 0. The van der Waals surface area contributed by atoms with Crippen LogP contribution in [-0.4, -0.2) is 17.7 Å². The third kappa shape index (κ3) is 3.60. The second-order valence-corrected chi connectivity index (χ2v) is 2.24. The molecule has 0 saturated heterocycles. The Morgan fingerprint density at radius 1 is 1.14 bits per heavy atom. The van der Waals surface area contributed by atoms with E-state index in [0.717, 1.165) is 6.54 Å². The van der Waals surface area contributed by atoms with Crippen molar-refractivity contribution >= 4 is 6.21 Å². The summed E-state index contributed by atoms with van der Waals surface area (Å²) in [7, 11) is 0. The van der Waals surface area contributed by atoms with Crippen LogP contribution in [0.25, 0.3) is 0 Å². The maximum absolute atomic E-state index is 4.05. The summed E-state index contributed by atoms with van der Waals surface area (Å²) in [6, 6.07) is 0. The molecule has 0 N–H and O–H groups in total. The van der Waals surface area contributed by atoms with Gasteiger partial charge in [0.15, 0.2) is 0 Å². The zero-order valence-electron chi connectivity index (χ0n) is 9.57. The maximum atomic E-state index is 4.05. The van der Waals surface area contributed by atoms with E-state index in [1.165, 1.54) is 5.70 Å². The van der Waals surface area contributed by atoms with Gasteiger partial charge in [-0.1, -0.05) is 33.8 Å². The highest BCUT2D eigenvalue weighted by atomic mass is 15.1. The minimum absolute atomic E-state index is 0.896. The van der Waals surface area contributed by atoms with E-state index in [9.17, 15) is 0 Å².